The van der Waals surface area contributed by atoms with Crippen LogP contribution in [0.15, 0.2) is 29.6 Å². The molecule has 0 bridgehead atoms. The molecular weight excluding hydrogens is 240 g/mol. The molecule has 1 aromatic heterocycles. The van der Waals surface area contributed by atoms with Gasteiger partial charge in [0.15, 0.2) is 0 Å². The zero-order valence-corrected chi connectivity index (χ0v) is 11.7. The summed E-state index contributed by atoms with van der Waals surface area (Å²) in [4.78, 5) is 2.40. The standard InChI is InChI=1S/C15H20N2S/c1-17(10-8-12-5-4-9-16-12)14-11-18-15-7-3-2-6-13(14)15/h2-3,6-7,11-12,16H,4-5,8-10H2,1H3. The van der Waals surface area contributed by atoms with Gasteiger partial charge in [0.1, 0.15) is 0 Å². The number of nitrogens with one attached hydrogen (secondary N) is 1. The third kappa shape index (κ3) is 2.38. The third-order valence-corrected chi connectivity index (χ3v) is 4.80. The van der Waals surface area contributed by atoms with E-state index in [0.717, 1.165) is 12.6 Å². The van der Waals surface area contributed by atoms with Crippen molar-refractivity contribution in [1.29, 1.82) is 0 Å². The predicted molar refractivity (Wildman–Crippen MR) is 80.7 cm³/mol. The maximum absolute atomic E-state index is 3.57. The average molecular weight is 260 g/mol. The fraction of sp³-hybridized carbons (Fsp3) is 0.467. The Morgan fingerprint density at radius 1 is 1.39 bits per heavy atom. The van der Waals surface area contributed by atoms with Gasteiger partial charge in [-0.2, -0.15) is 0 Å². The van der Waals surface area contributed by atoms with Crippen LogP contribution in [0.5, 0.6) is 0 Å². The molecule has 0 aliphatic carbocycles. The van der Waals surface area contributed by atoms with Crippen molar-refractivity contribution >= 4 is 27.1 Å². The Hall–Kier alpha value is -1.06. The van der Waals surface area contributed by atoms with E-state index in [1.165, 1.54) is 41.6 Å². The second-order valence-corrected chi connectivity index (χ2v) is 6.03. The molecule has 2 aromatic rings. The molecule has 3 heteroatoms. The van der Waals surface area contributed by atoms with Crippen LogP contribution in [-0.4, -0.2) is 26.2 Å². The van der Waals surface area contributed by atoms with E-state index in [2.05, 4.69) is 46.9 Å². The zero-order valence-electron chi connectivity index (χ0n) is 10.9. The van der Waals surface area contributed by atoms with Gasteiger partial charge in [-0.25, -0.2) is 0 Å². The van der Waals surface area contributed by atoms with Gasteiger partial charge in [0.2, 0.25) is 0 Å². The summed E-state index contributed by atoms with van der Waals surface area (Å²) in [6, 6.07) is 9.41. The molecule has 1 aromatic carbocycles. The second kappa shape index (κ2) is 5.29. The highest BCUT2D eigenvalue weighted by molar-refractivity contribution is 7.17. The topological polar surface area (TPSA) is 15.3 Å². The minimum Gasteiger partial charge on any atom is -0.373 e. The zero-order chi connectivity index (χ0) is 12.4. The van der Waals surface area contributed by atoms with E-state index in [-0.39, 0.29) is 0 Å². The summed E-state index contributed by atoms with van der Waals surface area (Å²) in [6.07, 6.45) is 3.94. The van der Waals surface area contributed by atoms with Gasteiger partial charge in [-0.05, 0) is 31.9 Å². The van der Waals surface area contributed by atoms with Crippen molar-refractivity contribution in [1.82, 2.24) is 5.32 Å². The highest BCUT2D eigenvalue weighted by Crippen LogP contribution is 2.32. The van der Waals surface area contributed by atoms with Gasteiger partial charge in [0.25, 0.3) is 0 Å². The van der Waals surface area contributed by atoms with Crippen LogP contribution in [0.2, 0.25) is 0 Å². The SMILES string of the molecule is CN(CCC1CCCN1)c1csc2ccccc12. The summed E-state index contributed by atoms with van der Waals surface area (Å²) in [5, 5.41) is 7.25. The molecule has 2 nitrogen and oxygen atoms in total. The maximum atomic E-state index is 3.57. The van der Waals surface area contributed by atoms with Crippen LogP contribution in [-0.2, 0) is 0 Å². The molecule has 96 valence electrons. The smallest absolute Gasteiger partial charge is 0.0552 e. The van der Waals surface area contributed by atoms with Crippen molar-refractivity contribution in [2.45, 2.75) is 25.3 Å². The van der Waals surface area contributed by atoms with Crippen molar-refractivity contribution in [3.05, 3.63) is 29.6 Å². The number of anilines is 1. The van der Waals surface area contributed by atoms with Gasteiger partial charge in [-0.3, -0.25) is 0 Å². The summed E-state index contributed by atoms with van der Waals surface area (Å²) < 4.78 is 1.39. The molecule has 1 saturated heterocycles. The van der Waals surface area contributed by atoms with E-state index in [0.29, 0.717) is 0 Å². The number of benzene rings is 1. The number of thiophene rings is 1. The summed E-state index contributed by atoms with van der Waals surface area (Å²) in [7, 11) is 2.21. The van der Waals surface area contributed by atoms with Crippen LogP contribution in [0.25, 0.3) is 10.1 Å². The van der Waals surface area contributed by atoms with E-state index >= 15 is 0 Å². The van der Waals surface area contributed by atoms with Crippen LogP contribution < -0.4 is 10.2 Å². The van der Waals surface area contributed by atoms with Gasteiger partial charge in [0, 0.05) is 35.1 Å². The Bertz CT molecular complexity index is 514. The fourth-order valence-corrected chi connectivity index (χ4v) is 3.73. The van der Waals surface area contributed by atoms with Crippen molar-refractivity contribution in [3.8, 4) is 0 Å². The van der Waals surface area contributed by atoms with E-state index in [4.69, 9.17) is 0 Å². The fourth-order valence-electron chi connectivity index (χ4n) is 2.73. The Morgan fingerprint density at radius 3 is 3.11 bits per heavy atom. The minimum atomic E-state index is 0.734. The lowest BCUT2D eigenvalue weighted by molar-refractivity contribution is 0.559. The van der Waals surface area contributed by atoms with Crippen molar-refractivity contribution in [3.63, 3.8) is 0 Å². The largest absolute Gasteiger partial charge is 0.373 e. The quantitative estimate of drug-likeness (QED) is 0.905. The molecule has 0 saturated carbocycles. The van der Waals surface area contributed by atoms with Crippen molar-refractivity contribution in [2.24, 2.45) is 0 Å². The van der Waals surface area contributed by atoms with Gasteiger partial charge >= 0.3 is 0 Å². The molecule has 1 N–H and O–H groups in total. The normalized spacial score (nSPS) is 19.5. The number of hydrogen-bond donors (Lipinski definition) is 1. The first kappa shape index (κ1) is 12.0. The molecule has 1 atom stereocenters. The highest BCUT2D eigenvalue weighted by atomic mass is 32.1. The van der Waals surface area contributed by atoms with Crippen LogP contribution in [0, 0.1) is 0 Å². The Morgan fingerprint density at radius 2 is 2.28 bits per heavy atom. The van der Waals surface area contributed by atoms with E-state index in [9.17, 15) is 0 Å². The molecular formula is C15H20N2S. The number of nitrogens with zero attached hydrogens (tertiary/aromatic N) is 1. The van der Waals surface area contributed by atoms with Gasteiger partial charge in [-0.1, -0.05) is 18.2 Å². The lowest BCUT2D eigenvalue weighted by Crippen LogP contribution is -2.28. The van der Waals surface area contributed by atoms with Crippen LogP contribution >= 0.6 is 11.3 Å². The first-order chi connectivity index (χ1) is 8.84. The molecule has 0 radical (unpaired) electrons. The highest BCUT2D eigenvalue weighted by Gasteiger charge is 2.15. The molecule has 18 heavy (non-hydrogen) atoms. The number of rotatable bonds is 4. The average Bonchev–Trinajstić information content (AvgIpc) is 3.05. The van der Waals surface area contributed by atoms with Crippen molar-refractivity contribution < 1.29 is 0 Å². The summed E-state index contributed by atoms with van der Waals surface area (Å²) >= 11 is 1.84. The first-order valence-corrected chi connectivity index (χ1v) is 7.63. The van der Waals surface area contributed by atoms with Gasteiger partial charge in [-0.15, -0.1) is 11.3 Å². The van der Waals surface area contributed by atoms with Crippen LogP contribution in [0.4, 0.5) is 5.69 Å². The predicted octanol–water partition coefficient (Wildman–Crippen LogP) is 3.48. The van der Waals surface area contributed by atoms with E-state index in [1.807, 2.05) is 11.3 Å². The lowest BCUT2D eigenvalue weighted by atomic mass is 10.1. The number of hydrogen-bond acceptors (Lipinski definition) is 3. The molecule has 1 aliphatic rings. The summed E-state index contributed by atoms with van der Waals surface area (Å²) in [5.41, 5.74) is 1.38. The van der Waals surface area contributed by atoms with Crippen LogP contribution in [0.1, 0.15) is 19.3 Å². The second-order valence-electron chi connectivity index (χ2n) is 5.12. The third-order valence-electron chi connectivity index (χ3n) is 3.85. The molecule has 1 fully saturated rings. The van der Waals surface area contributed by atoms with Crippen molar-refractivity contribution in [2.75, 3.05) is 25.0 Å². The molecule has 1 aliphatic heterocycles. The van der Waals surface area contributed by atoms with Gasteiger partial charge < -0.3 is 10.2 Å². The summed E-state index contributed by atoms with van der Waals surface area (Å²) in [6.45, 7) is 2.34. The molecule has 0 spiro atoms. The Kier molecular flexibility index (Phi) is 3.52. The van der Waals surface area contributed by atoms with Crippen LogP contribution in [0.3, 0.4) is 0 Å². The maximum Gasteiger partial charge on any atom is 0.0552 e. The Balaban J connectivity index is 1.69. The monoisotopic (exact) mass is 260 g/mol. The molecule has 0 amide bonds. The minimum absolute atomic E-state index is 0.734. The first-order valence-electron chi connectivity index (χ1n) is 6.75. The van der Waals surface area contributed by atoms with E-state index < -0.39 is 0 Å². The van der Waals surface area contributed by atoms with Gasteiger partial charge in [0.05, 0.1) is 5.69 Å². The lowest BCUT2D eigenvalue weighted by Gasteiger charge is -2.20. The number of fused-ring (bicyclic) bond motifs is 1. The Labute approximate surface area is 113 Å². The molecule has 2 heterocycles. The molecule has 1 unspecified atom stereocenters. The summed E-state index contributed by atoms with van der Waals surface area (Å²) in [5.74, 6) is 0. The molecule has 3 rings (SSSR count). The van der Waals surface area contributed by atoms with E-state index in [1.54, 1.807) is 0 Å².